The summed E-state index contributed by atoms with van der Waals surface area (Å²) in [5, 5.41) is 3.61. The highest BCUT2D eigenvalue weighted by Crippen LogP contribution is 2.26. The Morgan fingerprint density at radius 3 is 2.54 bits per heavy atom. The molecule has 0 spiro atoms. The molecule has 0 unspecified atom stereocenters. The lowest BCUT2D eigenvalue weighted by Gasteiger charge is -2.10. The van der Waals surface area contributed by atoms with Gasteiger partial charge in [0, 0.05) is 11.6 Å². The second kappa shape index (κ2) is 9.70. The van der Waals surface area contributed by atoms with Crippen molar-refractivity contribution in [3.8, 4) is 5.75 Å². The minimum atomic E-state index is -0.113. The van der Waals surface area contributed by atoms with Gasteiger partial charge in [0.2, 0.25) is 0 Å². The number of amides is 1. The molecule has 1 amide bonds. The smallest absolute Gasteiger partial charge is 0.257 e. The lowest BCUT2D eigenvalue weighted by Crippen LogP contribution is -2.30. The lowest BCUT2D eigenvalue weighted by atomic mass is 10.1. The summed E-state index contributed by atoms with van der Waals surface area (Å²) in [5.74, 6) is 0.570. The molecule has 128 valence electrons. The number of carbonyl (C=O) groups is 1. The van der Waals surface area contributed by atoms with Crippen molar-refractivity contribution >= 4 is 33.4 Å². The van der Waals surface area contributed by atoms with Crippen molar-refractivity contribution in [2.45, 2.75) is 26.2 Å². The summed E-state index contributed by atoms with van der Waals surface area (Å²) in [6, 6.07) is 13.7. The molecule has 3 nitrogen and oxygen atoms in total. The highest BCUT2D eigenvalue weighted by molar-refractivity contribution is 9.10. The molecule has 0 radical (unpaired) electrons. The van der Waals surface area contributed by atoms with Gasteiger partial charge in [0.15, 0.2) is 6.61 Å². The summed E-state index contributed by atoms with van der Waals surface area (Å²) in [5.41, 5.74) is 2.44. The molecule has 0 aliphatic rings. The Labute approximate surface area is 156 Å². The molecule has 2 rings (SSSR count). The van der Waals surface area contributed by atoms with E-state index in [4.69, 9.17) is 16.3 Å². The van der Waals surface area contributed by atoms with Crippen molar-refractivity contribution in [3.63, 3.8) is 0 Å². The van der Waals surface area contributed by atoms with Gasteiger partial charge in [0.05, 0.1) is 4.47 Å². The molecular weight excluding hydrogens is 390 g/mol. The zero-order valence-corrected chi connectivity index (χ0v) is 16.0. The van der Waals surface area contributed by atoms with Crippen molar-refractivity contribution in [2.24, 2.45) is 0 Å². The van der Waals surface area contributed by atoms with Crippen molar-refractivity contribution in [1.82, 2.24) is 5.32 Å². The van der Waals surface area contributed by atoms with E-state index in [1.807, 2.05) is 42.5 Å². The molecule has 2 aromatic carbocycles. The summed E-state index contributed by atoms with van der Waals surface area (Å²) in [6.45, 7) is 2.74. The first-order valence-electron chi connectivity index (χ1n) is 8.01. The van der Waals surface area contributed by atoms with Crippen molar-refractivity contribution in [1.29, 1.82) is 0 Å². The summed E-state index contributed by atoms with van der Waals surface area (Å²) in [6.07, 6.45) is 2.75. The number of halogens is 2. The van der Waals surface area contributed by atoms with Crippen LogP contribution in [0.1, 0.15) is 24.5 Å². The van der Waals surface area contributed by atoms with Crippen LogP contribution in [0.5, 0.6) is 5.75 Å². The molecule has 0 saturated carbocycles. The van der Waals surface area contributed by atoms with E-state index in [2.05, 4.69) is 28.2 Å². The van der Waals surface area contributed by atoms with E-state index < -0.39 is 0 Å². The molecule has 0 bridgehead atoms. The molecule has 0 heterocycles. The third kappa shape index (κ3) is 6.17. The Hall–Kier alpha value is -1.52. The summed E-state index contributed by atoms with van der Waals surface area (Å²) in [4.78, 5) is 11.8. The highest BCUT2D eigenvalue weighted by atomic mass is 79.9. The molecule has 0 fully saturated rings. The van der Waals surface area contributed by atoms with E-state index >= 15 is 0 Å². The molecule has 24 heavy (non-hydrogen) atoms. The van der Waals surface area contributed by atoms with Crippen LogP contribution in [0.3, 0.4) is 0 Å². The summed E-state index contributed by atoms with van der Waals surface area (Å²) < 4.78 is 6.43. The summed E-state index contributed by atoms with van der Waals surface area (Å²) in [7, 11) is 0. The lowest BCUT2D eigenvalue weighted by molar-refractivity contribution is -0.123. The minimum absolute atomic E-state index is 0.0189. The van der Waals surface area contributed by atoms with Gasteiger partial charge in [-0.05, 0) is 70.6 Å². The molecule has 0 atom stereocenters. The van der Waals surface area contributed by atoms with Gasteiger partial charge in [0.25, 0.3) is 5.91 Å². The number of carbonyl (C=O) groups excluding carboxylic acids is 1. The van der Waals surface area contributed by atoms with Crippen LogP contribution in [-0.2, 0) is 17.6 Å². The first-order valence-corrected chi connectivity index (χ1v) is 9.18. The van der Waals surface area contributed by atoms with E-state index in [1.165, 1.54) is 11.1 Å². The van der Waals surface area contributed by atoms with E-state index in [-0.39, 0.29) is 12.5 Å². The SMILES string of the molecule is CCc1ccc(OCC(=O)NCCCc2ccc(Cl)cc2)c(Br)c1. The predicted octanol–water partition coefficient (Wildman–Crippen LogP) is 4.79. The van der Waals surface area contributed by atoms with Crippen LogP contribution in [0.25, 0.3) is 0 Å². The van der Waals surface area contributed by atoms with Crippen LogP contribution in [0, 0.1) is 0 Å². The standard InChI is InChI=1S/C19H21BrClNO2/c1-2-14-7-10-18(17(20)12-14)24-13-19(23)22-11-3-4-15-5-8-16(21)9-6-15/h5-10,12H,2-4,11,13H2,1H3,(H,22,23). The molecule has 2 aromatic rings. The number of benzene rings is 2. The number of aryl methyl sites for hydroxylation is 2. The molecule has 0 aromatic heterocycles. The van der Waals surface area contributed by atoms with Crippen LogP contribution >= 0.6 is 27.5 Å². The van der Waals surface area contributed by atoms with Crippen molar-refractivity contribution < 1.29 is 9.53 Å². The number of rotatable bonds is 8. The maximum Gasteiger partial charge on any atom is 0.257 e. The van der Waals surface area contributed by atoms with E-state index in [9.17, 15) is 4.79 Å². The van der Waals surface area contributed by atoms with Crippen LogP contribution < -0.4 is 10.1 Å². The van der Waals surface area contributed by atoms with Gasteiger partial charge in [-0.15, -0.1) is 0 Å². The Balaban J connectivity index is 1.67. The number of hydrogen-bond donors (Lipinski definition) is 1. The third-order valence-electron chi connectivity index (χ3n) is 3.64. The number of nitrogens with one attached hydrogen (secondary N) is 1. The van der Waals surface area contributed by atoms with Gasteiger partial charge in [-0.1, -0.05) is 36.7 Å². The normalized spacial score (nSPS) is 10.5. The average molecular weight is 411 g/mol. The fraction of sp³-hybridized carbons (Fsp3) is 0.316. The average Bonchev–Trinajstić information content (AvgIpc) is 2.59. The number of hydrogen-bond acceptors (Lipinski definition) is 2. The van der Waals surface area contributed by atoms with Gasteiger partial charge in [0.1, 0.15) is 5.75 Å². The van der Waals surface area contributed by atoms with Crippen molar-refractivity contribution in [2.75, 3.05) is 13.2 Å². The first kappa shape index (κ1) is 18.8. The topological polar surface area (TPSA) is 38.3 Å². The maximum absolute atomic E-state index is 11.8. The van der Waals surface area contributed by atoms with Gasteiger partial charge >= 0.3 is 0 Å². The minimum Gasteiger partial charge on any atom is -0.483 e. The molecule has 0 aliphatic heterocycles. The number of ether oxygens (including phenoxy) is 1. The maximum atomic E-state index is 11.8. The Kier molecular flexibility index (Phi) is 7.60. The first-order chi connectivity index (χ1) is 11.6. The largest absolute Gasteiger partial charge is 0.483 e. The van der Waals surface area contributed by atoms with E-state index in [1.54, 1.807) is 0 Å². The molecule has 0 aliphatic carbocycles. The van der Waals surface area contributed by atoms with Crippen LogP contribution in [0.2, 0.25) is 5.02 Å². The second-order valence-electron chi connectivity index (χ2n) is 5.49. The molecular formula is C19H21BrClNO2. The molecule has 5 heteroatoms. The fourth-order valence-electron chi connectivity index (χ4n) is 2.25. The monoisotopic (exact) mass is 409 g/mol. The van der Waals surface area contributed by atoms with Gasteiger partial charge in [-0.25, -0.2) is 0 Å². The zero-order valence-electron chi connectivity index (χ0n) is 13.6. The zero-order chi connectivity index (χ0) is 17.4. The summed E-state index contributed by atoms with van der Waals surface area (Å²) >= 11 is 9.32. The van der Waals surface area contributed by atoms with Crippen molar-refractivity contribution in [3.05, 3.63) is 63.1 Å². The van der Waals surface area contributed by atoms with Gasteiger partial charge < -0.3 is 10.1 Å². The highest BCUT2D eigenvalue weighted by Gasteiger charge is 2.06. The van der Waals surface area contributed by atoms with E-state index in [0.717, 1.165) is 28.8 Å². The van der Waals surface area contributed by atoms with Crippen LogP contribution in [-0.4, -0.2) is 19.1 Å². The Morgan fingerprint density at radius 1 is 1.17 bits per heavy atom. The van der Waals surface area contributed by atoms with E-state index in [0.29, 0.717) is 12.3 Å². The van der Waals surface area contributed by atoms with Gasteiger partial charge in [-0.2, -0.15) is 0 Å². The molecule has 0 saturated heterocycles. The quantitative estimate of drug-likeness (QED) is 0.635. The Morgan fingerprint density at radius 2 is 1.88 bits per heavy atom. The predicted molar refractivity (Wildman–Crippen MR) is 102 cm³/mol. The molecule has 1 N–H and O–H groups in total. The fourth-order valence-corrected chi connectivity index (χ4v) is 2.91. The van der Waals surface area contributed by atoms with Crippen LogP contribution in [0.15, 0.2) is 46.9 Å². The second-order valence-corrected chi connectivity index (χ2v) is 6.78. The third-order valence-corrected chi connectivity index (χ3v) is 4.51. The van der Waals surface area contributed by atoms with Crippen LogP contribution in [0.4, 0.5) is 0 Å². The van der Waals surface area contributed by atoms with Gasteiger partial charge in [-0.3, -0.25) is 4.79 Å². The Bertz CT molecular complexity index is 674.